The number of methoxy groups -OCH3 is 1. The maximum absolute atomic E-state index is 11.7. The van der Waals surface area contributed by atoms with E-state index in [-0.39, 0.29) is 5.91 Å². The van der Waals surface area contributed by atoms with Crippen molar-refractivity contribution >= 4 is 34.2 Å². The lowest BCUT2D eigenvalue weighted by Crippen LogP contribution is -2.27. The summed E-state index contributed by atoms with van der Waals surface area (Å²) < 4.78 is 5.64. The molecule has 5 heteroatoms. The largest absolute Gasteiger partial charge is 0.497 e. The fourth-order valence-corrected chi connectivity index (χ4v) is 2.60. The van der Waals surface area contributed by atoms with Gasteiger partial charge in [-0.15, -0.1) is 0 Å². The number of carbonyl (C=O) groups excluding carboxylic acids is 1. The zero-order valence-electron chi connectivity index (χ0n) is 9.30. The molecule has 0 bridgehead atoms. The highest BCUT2D eigenvalue weighted by Crippen LogP contribution is 2.30. The molecular formula is C12H11NO2S2. The van der Waals surface area contributed by atoms with Crippen molar-refractivity contribution in [1.29, 1.82) is 0 Å². The van der Waals surface area contributed by atoms with E-state index in [4.69, 9.17) is 17.0 Å². The van der Waals surface area contributed by atoms with Crippen LogP contribution in [0, 0.1) is 0 Å². The van der Waals surface area contributed by atoms with Crippen LogP contribution >= 0.6 is 24.0 Å². The minimum atomic E-state index is -0.101. The van der Waals surface area contributed by atoms with Gasteiger partial charge in [-0.1, -0.05) is 42.7 Å². The molecule has 1 aliphatic heterocycles. The Bertz CT molecular complexity index is 482. The Morgan fingerprint density at radius 3 is 2.53 bits per heavy atom. The number of benzene rings is 1. The Kier molecular flexibility index (Phi) is 3.49. The lowest BCUT2D eigenvalue weighted by molar-refractivity contribution is -0.122. The monoisotopic (exact) mass is 265 g/mol. The average Bonchev–Trinajstić information content (AvgIpc) is 2.57. The predicted molar refractivity (Wildman–Crippen MR) is 72.9 cm³/mol. The molecule has 0 radical (unpaired) electrons. The van der Waals surface area contributed by atoms with Gasteiger partial charge >= 0.3 is 0 Å². The Labute approximate surface area is 109 Å². The summed E-state index contributed by atoms with van der Waals surface area (Å²) in [6.07, 6.45) is 0. The number of ether oxygens (including phenoxy) is 1. The number of thiocarbonyl (C=S) groups is 1. The van der Waals surface area contributed by atoms with Gasteiger partial charge in [-0.2, -0.15) is 0 Å². The van der Waals surface area contributed by atoms with E-state index in [9.17, 15) is 4.79 Å². The second-order valence-electron chi connectivity index (χ2n) is 3.53. The number of rotatable bonds is 3. The van der Waals surface area contributed by atoms with Gasteiger partial charge in [0.2, 0.25) is 0 Å². The molecule has 1 fully saturated rings. The van der Waals surface area contributed by atoms with Crippen LogP contribution in [0.4, 0.5) is 0 Å². The highest BCUT2D eigenvalue weighted by atomic mass is 32.2. The Hall–Kier alpha value is -1.33. The molecule has 0 atom stereocenters. The van der Waals surface area contributed by atoms with Gasteiger partial charge in [-0.25, -0.2) is 0 Å². The summed E-state index contributed by atoms with van der Waals surface area (Å²) >= 11 is 6.38. The Morgan fingerprint density at radius 1 is 1.41 bits per heavy atom. The maximum atomic E-state index is 11.7. The first-order chi connectivity index (χ1) is 8.11. The van der Waals surface area contributed by atoms with Crippen LogP contribution in [-0.2, 0) is 11.3 Å². The van der Waals surface area contributed by atoms with Gasteiger partial charge in [0.1, 0.15) is 10.1 Å². The van der Waals surface area contributed by atoms with E-state index in [0.717, 1.165) is 11.3 Å². The SMILES string of the molecule is C=C1SC(=S)N(Cc2ccc(OC)cc2)C1=O. The fraction of sp³-hybridized carbons (Fsp3) is 0.167. The van der Waals surface area contributed by atoms with Crippen molar-refractivity contribution in [1.82, 2.24) is 4.90 Å². The second kappa shape index (κ2) is 4.89. The minimum Gasteiger partial charge on any atom is -0.497 e. The van der Waals surface area contributed by atoms with Crippen LogP contribution in [0.5, 0.6) is 5.75 Å². The highest BCUT2D eigenvalue weighted by Gasteiger charge is 2.30. The number of hydrogen-bond donors (Lipinski definition) is 0. The molecule has 1 amide bonds. The van der Waals surface area contributed by atoms with Crippen LogP contribution in [0.3, 0.4) is 0 Å². The highest BCUT2D eigenvalue weighted by molar-refractivity contribution is 8.26. The van der Waals surface area contributed by atoms with Gasteiger partial charge in [0, 0.05) is 0 Å². The van der Waals surface area contributed by atoms with Crippen molar-refractivity contribution in [3.63, 3.8) is 0 Å². The molecule has 1 aromatic rings. The van der Waals surface area contributed by atoms with Crippen LogP contribution in [0.1, 0.15) is 5.56 Å². The number of nitrogens with zero attached hydrogens (tertiary/aromatic N) is 1. The number of thioether (sulfide) groups is 1. The lowest BCUT2D eigenvalue weighted by Gasteiger charge is -2.14. The van der Waals surface area contributed by atoms with Crippen molar-refractivity contribution < 1.29 is 9.53 Å². The number of amides is 1. The van der Waals surface area contributed by atoms with E-state index >= 15 is 0 Å². The van der Waals surface area contributed by atoms with Crippen molar-refractivity contribution in [2.45, 2.75) is 6.54 Å². The summed E-state index contributed by atoms with van der Waals surface area (Å²) in [5, 5.41) is 0. The first-order valence-corrected chi connectivity index (χ1v) is 6.20. The number of hydrogen-bond acceptors (Lipinski definition) is 4. The maximum Gasteiger partial charge on any atom is 0.265 e. The predicted octanol–water partition coefficient (Wildman–Crippen LogP) is 2.57. The molecule has 1 saturated heterocycles. The van der Waals surface area contributed by atoms with E-state index in [0.29, 0.717) is 15.8 Å². The molecule has 3 nitrogen and oxygen atoms in total. The van der Waals surface area contributed by atoms with E-state index in [1.54, 1.807) is 12.0 Å². The van der Waals surface area contributed by atoms with Crippen LogP contribution in [0.25, 0.3) is 0 Å². The lowest BCUT2D eigenvalue weighted by atomic mass is 10.2. The molecule has 88 valence electrons. The van der Waals surface area contributed by atoms with Gasteiger partial charge in [-0.3, -0.25) is 9.69 Å². The molecule has 0 spiro atoms. The van der Waals surface area contributed by atoms with Crippen LogP contribution in [-0.4, -0.2) is 22.2 Å². The van der Waals surface area contributed by atoms with Crippen molar-refractivity contribution in [2.75, 3.05) is 7.11 Å². The van der Waals surface area contributed by atoms with Gasteiger partial charge in [0.25, 0.3) is 5.91 Å². The van der Waals surface area contributed by atoms with Gasteiger partial charge in [0.05, 0.1) is 18.6 Å². The molecule has 0 N–H and O–H groups in total. The second-order valence-corrected chi connectivity index (χ2v) is 5.26. The van der Waals surface area contributed by atoms with E-state index in [1.165, 1.54) is 11.8 Å². The smallest absolute Gasteiger partial charge is 0.265 e. The van der Waals surface area contributed by atoms with E-state index in [2.05, 4.69) is 6.58 Å². The summed E-state index contributed by atoms with van der Waals surface area (Å²) in [6.45, 7) is 4.15. The molecular weight excluding hydrogens is 254 g/mol. The minimum absolute atomic E-state index is 0.101. The first kappa shape index (κ1) is 12.1. The summed E-state index contributed by atoms with van der Waals surface area (Å²) in [5.74, 6) is 0.693. The first-order valence-electron chi connectivity index (χ1n) is 4.97. The van der Waals surface area contributed by atoms with Crippen LogP contribution in [0.15, 0.2) is 35.7 Å². The molecule has 1 heterocycles. The molecule has 0 saturated carbocycles. The molecule has 0 unspecified atom stereocenters. The van der Waals surface area contributed by atoms with Crippen molar-refractivity contribution in [2.24, 2.45) is 0 Å². The van der Waals surface area contributed by atoms with Crippen molar-refractivity contribution in [3.8, 4) is 5.75 Å². The Morgan fingerprint density at radius 2 is 2.06 bits per heavy atom. The zero-order chi connectivity index (χ0) is 12.4. The van der Waals surface area contributed by atoms with E-state index < -0.39 is 0 Å². The summed E-state index contributed by atoms with van der Waals surface area (Å²) in [4.78, 5) is 13.8. The third-order valence-corrected chi connectivity index (χ3v) is 3.70. The van der Waals surface area contributed by atoms with Crippen molar-refractivity contribution in [3.05, 3.63) is 41.3 Å². The molecule has 1 aliphatic rings. The fourth-order valence-electron chi connectivity index (χ4n) is 1.49. The average molecular weight is 265 g/mol. The third-order valence-electron chi connectivity index (χ3n) is 2.41. The summed E-state index contributed by atoms with van der Waals surface area (Å²) in [6, 6.07) is 7.56. The van der Waals surface area contributed by atoms with Gasteiger partial charge in [-0.05, 0) is 17.7 Å². The van der Waals surface area contributed by atoms with E-state index in [1.807, 2.05) is 24.3 Å². The Balaban J connectivity index is 2.12. The quantitative estimate of drug-likeness (QED) is 0.620. The third kappa shape index (κ3) is 2.50. The number of carbonyl (C=O) groups is 1. The normalized spacial score (nSPS) is 15.6. The van der Waals surface area contributed by atoms with Gasteiger partial charge in [0.15, 0.2) is 0 Å². The van der Waals surface area contributed by atoms with Crippen LogP contribution in [0.2, 0.25) is 0 Å². The molecule has 2 rings (SSSR count). The standard InChI is InChI=1S/C12H11NO2S2/c1-8-11(14)13(12(16)17-8)7-9-3-5-10(15-2)6-4-9/h3-6H,1,7H2,2H3. The van der Waals surface area contributed by atoms with Gasteiger partial charge < -0.3 is 4.74 Å². The molecule has 0 aromatic heterocycles. The zero-order valence-corrected chi connectivity index (χ0v) is 10.9. The molecule has 1 aromatic carbocycles. The van der Waals surface area contributed by atoms with Crippen LogP contribution < -0.4 is 4.74 Å². The molecule has 0 aliphatic carbocycles. The summed E-state index contributed by atoms with van der Waals surface area (Å²) in [7, 11) is 1.62. The topological polar surface area (TPSA) is 29.5 Å². The molecule has 17 heavy (non-hydrogen) atoms. The summed E-state index contributed by atoms with van der Waals surface area (Å²) in [5.41, 5.74) is 1.01.